The van der Waals surface area contributed by atoms with Crippen molar-refractivity contribution in [2.24, 2.45) is 5.92 Å². The molecular formula is C21H28N4O3. The van der Waals surface area contributed by atoms with Gasteiger partial charge in [0.15, 0.2) is 0 Å². The van der Waals surface area contributed by atoms with Crippen molar-refractivity contribution < 1.29 is 14.3 Å². The second-order valence-corrected chi connectivity index (χ2v) is 7.74. The topological polar surface area (TPSA) is 67.7 Å². The summed E-state index contributed by atoms with van der Waals surface area (Å²) in [4.78, 5) is 29.0. The van der Waals surface area contributed by atoms with Crippen LogP contribution < -0.4 is 0 Å². The monoisotopic (exact) mass is 384 g/mol. The fraction of sp³-hybridized carbons (Fsp3) is 0.571. The van der Waals surface area contributed by atoms with Crippen LogP contribution in [0.5, 0.6) is 0 Å². The molecule has 1 atom stereocenters. The number of hydrogen-bond donors (Lipinski definition) is 0. The number of carbonyl (C=O) groups excluding carboxylic acids is 2. The summed E-state index contributed by atoms with van der Waals surface area (Å²) in [5, 5.41) is 5.42. The molecule has 1 aromatic heterocycles. The van der Waals surface area contributed by atoms with Crippen molar-refractivity contribution in [3.63, 3.8) is 0 Å². The summed E-state index contributed by atoms with van der Waals surface area (Å²) < 4.78 is 7.09. The number of piperidine rings is 1. The molecule has 2 aliphatic rings. The maximum Gasteiger partial charge on any atom is 0.244 e. The lowest BCUT2D eigenvalue weighted by Crippen LogP contribution is -2.43. The smallest absolute Gasteiger partial charge is 0.244 e. The molecule has 0 bridgehead atoms. The number of morpholine rings is 1. The summed E-state index contributed by atoms with van der Waals surface area (Å²) in [6.07, 6.45) is 5.31. The molecule has 7 nitrogen and oxygen atoms in total. The molecular weight excluding hydrogens is 356 g/mol. The van der Waals surface area contributed by atoms with E-state index in [1.807, 2.05) is 34.1 Å². The number of nitrogens with zero attached hydrogens (tertiary/aromatic N) is 4. The molecule has 28 heavy (non-hydrogen) atoms. The van der Waals surface area contributed by atoms with Gasteiger partial charge in [0.1, 0.15) is 6.54 Å². The fourth-order valence-electron chi connectivity index (χ4n) is 4.21. The fourth-order valence-corrected chi connectivity index (χ4v) is 4.21. The summed E-state index contributed by atoms with van der Waals surface area (Å²) in [5.41, 5.74) is 0.987. The first-order valence-corrected chi connectivity index (χ1v) is 10.2. The van der Waals surface area contributed by atoms with Gasteiger partial charge in [-0.2, -0.15) is 5.10 Å². The molecule has 2 amide bonds. The van der Waals surface area contributed by atoms with Gasteiger partial charge in [0.2, 0.25) is 11.8 Å². The van der Waals surface area contributed by atoms with Crippen LogP contribution in [0, 0.1) is 5.92 Å². The van der Waals surface area contributed by atoms with Crippen molar-refractivity contribution in [3.8, 4) is 0 Å². The lowest BCUT2D eigenvalue weighted by atomic mass is 9.93. The van der Waals surface area contributed by atoms with Gasteiger partial charge in [0.25, 0.3) is 0 Å². The van der Waals surface area contributed by atoms with Crippen LogP contribution >= 0.6 is 0 Å². The van der Waals surface area contributed by atoms with E-state index in [0.717, 1.165) is 43.3 Å². The molecule has 7 heteroatoms. The molecule has 2 saturated heterocycles. The zero-order valence-corrected chi connectivity index (χ0v) is 16.3. The van der Waals surface area contributed by atoms with E-state index in [2.05, 4.69) is 5.10 Å². The first-order chi connectivity index (χ1) is 13.7. The standard InChI is InChI=1S/C21H28N4O3/c26-20(23-10-12-28-13-11-23)8-7-17-4-3-9-24(15-17)21(27)16-25-19-6-2-1-5-18(19)14-22-25/h1-2,5-6,14,17H,3-4,7-13,15-16H2. The van der Waals surface area contributed by atoms with Gasteiger partial charge in [-0.05, 0) is 31.2 Å². The predicted molar refractivity (Wildman–Crippen MR) is 106 cm³/mol. The Kier molecular flexibility index (Phi) is 5.90. The number of hydrogen-bond acceptors (Lipinski definition) is 4. The minimum Gasteiger partial charge on any atom is -0.378 e. The summed E-state index contributed by atoms with van der Waals surface area (Å²) in [6, 6.07) is 7.94. The Morgan fingerprint density at radius 3 is 2.75 bits per heavy atom. The normalized spacial score (nSPS) is 20.5. The Labute approximate surface area is 165 Å². The van der Waals surface area contributed by atoms with Crippen molar-refractivity contribution in [3.05, 3.63) is 30.5 Å². The molecule has 1 aromatic carbocycles. The van der Waals surface area contributed by atoms with Crippen molar-refractivity contribution in [1.82, 2.24) is 19.6 Å². The van der Waals surface area contributed by atoms with Gasteiger partial charge in [0, 0.05) is 38.0 Å². The average Bonchev–Trinajstić information content (AvgIpc) is 3.16. The van der Waals surface area contributed by atoms with Gasteiger partial charge < -0.3 is 14.5 Å². The van der Waals surface area contributed by atoms with Gasteiger partial charge in [0.05, 0.1) is 24.9 Å². The van der Waals surface area contributed by atoms with Crippen LogP contribution in [0.3, 0.4) is 0 Å². The van der Waals surface area contributed by atoms with Crippen LogP contribution in [0.1, 0.15) is 25.7 Å². The number of benzene rings is 1. The van der Waals surface area contributed by atoms with E-state index < -0.39 is 0 Å². The molecule has 0 spiro atoms. The van der Waals surface area contributed by atoms with Gasteiger partial charge >= 0.3 is 0 Å². The van der Waals surface area contributed by atoms with E-state index in [1.165, 1.54) is 0 Å². The molecule has 0 N–H and O–H groups in total. The Morgan fingerprint density at radius 2 is 1.89 bits per heavy atom. The molecule has 2 aromatic rings. The van der Waals surface area contributed by atoms with Crippen LogP contribution in [-0.2, 0) is 20.9 Å². The first-order valence-electron chi connectivity index (χ1n) is 10.2. The highest BCUT2D eigenvalue weighted by Crippen LogP contribution is 2.22. The number of carbonyl (C=O) groups is 2. The number of likely N-dealkylation sites (tertiary alicyclic amines) is 1. The highest BCUT2D eigenvalue weighted by molar-refractivity contribution is 5.82. The number of rotatable bonds is 5. The Morgan fingerprint density at radius 1 is 1.07 bits per heavy atom. The summed E-state index contributed by atoms with van der Waals surface area (Å²) in [6.45, 7) is 4.49. The van der Waals surface area contributed by atoms with E-state index in [9.17, 15) is 9.59 Å². The van der Waals surface area contributed by atoms with E-state index in [0.29, 0.717) is 38.6 Å². The molecule has 1 unspecified atom stereocenters. The first kappa shape index (κ1) is 18.9. The maximum absolute atomic E-state index is 12.8. The SMILES string of the molecule is O=C(CCC1CCCN(C(=O)Cn2ncc3ccccc32)C1)N1CCOCC1. The molecule has 3 heterocycles. The molecule has 0 saturated carbocycles. The summed E-state index contributed by atoms with van der Waals surface area (Å²) in [7, 11) is 0. The highest BCUT2D eigenvalue weighted by Gasteiger charge is 2.25. The largest absolute Gasteiger partial charge is 0.378 e. The lowest BCUT2D eigenvalue weighted by Gasteiger charge is -2.33. The van der Waals surface area contributed by atoms with E-state index in [-0.39, 0.29) is 18.4 Å². The molecule has 150 valence electrons. The number of aromatic nitrogens is 2. The van der Waals surface area contributed by atoms with Crippen LogP contribution in [-0.4, -0.2) is 70.8 Å². The predicted octanol–water partition coefficient (Wildman–Crippen LogP) is 1.91. The Balaban J connectivity index is 1.29. The van der Waals surface area contributed by atoms with E-state index in [1.54, 1.807) is 10.9 Å². The van der Waals surface area contributed by atoms with Crippen LogP contribution in [0.15, 0.2) is 30.5 Å². The Hall–Kier alpha value is -2.41. The molecule has 4 rings (SSSR count). The molecule has 2 fully saturated rings. The summed E-state index contributed by atoms with van der Waals surface area (Å²) >= 11 is 0. The molecule has 0 radical (unpaired) electrons. The number of para-hydroxylation sites is 1. The summed E-state index contributed by atoms with van der Waals surface area (Å²) in [5.74, 6) is 0.727. The average molecular weight is 384 g/mol. The van der Waals surface area contributed by atoms with E-state index >= 15 is 0 Å². The van der Waals surface area contributed by atoms with Crippen LogP contribution in [0.4, 0.5) is 0 Å². The second kappa shape index (κ2) is 8.73. The van der Waals surface area contributed by atoms with E-state index in [4.69, 9.17) is 4.74 Å². The van der Waals surface area contributed by atoms with Gasteiger partial charge in [-0.1, -0.05) is 18.2 Å². The molecule has 0 aliphatic carbocycles. The van der Waals surface area contributed by atoms with Gasteiger partial charge in [-0.25, -0.2) is 0 Å². The third-order valence-corrected chi connectivity index (χ3v) is 5.84. The zero-order valence-electron chi connectivity index (χ0n) is 16.3. The third-order valence-electron chi connectivity index (χ3n) is 5.84. The van der Waals surface area contributed by atoms with Gasteiger partial charge in [-0.15, -0.1) is 0 Å². The highest BCUT2D eigenvalue weighted by atomic mass is 16.5. The van der Waals surface area contributed by atoms with Crippen molar-refractivity contribution in [1.29, 1.82) is 0 Å². The van der Waals surface area contributed by atoms with Crippen molar-refractivity contribution >= 4 is 22.7 Å². The quantitative estimate of drug-likeness (QED) is 0.790. The second-order valence-electron chi connectivity index (χ2n) is 7.74. The van der Waals surface area contributed by atoms with Crippen molar-refractivity contribution in [2.75, 3.05) is 39.4 Å². The van der Waals surface area contributed by atoms with Crippen LogP contribution in [0.2, 0.25) is 0 Å². The number of fused-ring (bicyclic) bond motifs is 1. The lowest BCUT2D eigenvalue weighted by molar-refractivity contribution is -0.135. The zero-order chi connectivity index (χ0) is 19.3. The number of amides is 2. The van der Waals surface area contributed by atoms with Gasteiger partial charge in [-0.3, -0.25) is 14.3 Å². The van der Waals surface area contributed by atoms with Crippen molar-refractivity contribution in [2.45, 2.75) is 32.2 Å². The minimum atomic E-state index is 0.109. The number of ether oxygens (including phenoxy) is 1. The third kappa shape index (κ3) is 4.35. The van der Waals surface area contributed by atoms with Crippen LogP contribution in [0.25, 0.3) is 10.9 Å². The maximum atomic E-state index is 12.8. The minimum absolute atomic E-state index is 0.109. The Bertz CT molecular complexity index is 828. The molecule has 2 aliphatic heterocycles.